The molecule has 0 saturated carbocycles. The number of aldehydes is 1. The maximum absolute atomic E-state index is 13.4. The molecule has 0 aliphatic heterocycles. The van der Waals surface area contributed by atoms with Gasteiger partial charge in [0, 0.05) is 12.1 Å². The lowest BCUT2D eigenvalue weighted by Crippen LogP contribution is -2.40. The van der Waals surface area contributed by atoms with Gasteiger partial charge in [-0.1, -0.05) is 60.7 Å². The van der Waals surface area contributed by atoms with Gasteiger partial charge in [-0.05, 0) is 47.5 Å². The van der Waals surface area contributed by atoms with E-state index in [1.807, 2.05) is 30.3 Å². The Balaban J connectivity index is 1.60. The number of rotatable bonds is 10. The second kappa shape index (κ2) is 12.2. The molecule has 0 fully saturated rings. The lowest BCUT2D eigenvalue weighted by molar-refractivity contribution is 0.0680. The third kappa shape index (κ3) is 6.66. The largest absolute Gasteiger partial charge is 0.478 e. The number of nitrogens with one attached hydrogen (secondary N) is 1. The standard InChI is InChI=1S/C30H24N2O7/c33-19-22-15-26(29(36)37)27(16-25(22)28(34)35)32(18-21-7-3-1-4-8-21)30(38)31-17-20-11-13-24(14-12-20)39-23-9-5-2-6-10-23/h1-16,19H,17-18H2,(H,31,38)(H,34,35)(H,36,37). The molecule has 4 rings (SSSR count). The van der Waals surface area contributed by atoms with Gasteiger partial charge in [-0.2, -0.15) is 0 Å². The first-order valence-corrected chi connectivity index (χ1v) is 11.9. The van der Waals surface area contributed by atoms with Crippen molar-refractivity contribution in [1.29, 1.82) is 0 Å². The number of nitrogens with zero attached hydrogens (tertiary/aromatic N) is 1. The van der Waals surface area contributed by atoms with Gasteiger partial charge in [0.25, 0.3) is 0 Å². The van der Waals surface area contributed by atoms with Crippen molar-refractivity contribution in [2.75, 3.05) is 4.90 Å². The van der Waals surface area contributed by atoms with E-state index in [2.05, 4.69) is 5.32 Å². The highest BCUT2D eigenvalue weighted by Crippen LogP contribution is 2.28. The number of ether oxygens (including phenoxy) is 1. The van der Waals surface area contributed by atoms with Crippen molar-refractivity contribution in [2.24, 2.45) is 0 Å². The van der Waals surface area contributed by atoms with Gasteiger partial charge in [0.2, 0.25) is 0 Å². The van der Waals surface area contributed by atoms with Crippen LogP contribution in [0.4, 0.5) is 10.5 Å². The Hall–Kier alpha value is -5.44. The summed E-state index contributed by atoms with van der Waals surface area (Å²) in [6.07, 6.45) is 0.270. The number of carbonyl (C=O) groups is 4. The number of benzene rings is 4. The van der Waals surface area contributed by atoms with Gasteiger partial charge in [-0.3, -0.25) is 9.69 Å². The van der Waals surface area contributed by atoms with Crippen LogP contribution in [0.3, 0.4) is 0 Å². The van der Waals surface area contributed by atoms with Crippen LogP contribution in [0.15, 0.2) is 97.1 Å². The average molecular weight is 525 g/mol. The highest BCUT2D eigenvalue weighted by atomic mass is 16.5. The van der Waals surface area contributed by atoms with Crippen LogP contribution in [0.2, 0.25) is 0 Å². The van der Waals surface area contributed by atoms with Crippen LogP contribution < -0.4 is 15.0 Å². The van der Waals surface area contributed by atoms with Crippen LogP contribution in [0.1, 0.15) is 42.2 Å². The molecule has 0 heterocycles. The zero-order valence-electron chi connectivity index (χ0n) is 20.6. The summed E-state index contributed by atoms with van der Waals surface area (Å²) in [6, 6.07) is 26.5. The van der Waals surface area contributed by atoms with Crippen molar-refractivity contribution in [3.8, 4) is 11.5 Å². The minimum Gasteiger partial charge on any atom is -0.478 e. The predicted molar refractivity (Wildman–Crippen MR) is 144 cm³/mol. The van der Waals surface area contributed by atoms with Crippen LogP contribution in [0.5, 0.6) is 11.5 Å². The number of carbonyl (C=O) groups excluding carboxylic acids is 2. The van der Waals surface area contributed by atoms with E-state index in [1.54, 1.807) is 54.6 Å². The van der Waals surface area contributed by atoms with Gasteiger partial charge in [0.05, 0.1) is 23.4 Å². The summed E-state index contributed by atoms with van der Waals surface area (Å²) >= 11 is 0. The van der Waals surface area contributed by atoms with Gasteiger partial charge in [0.15, 0.2) is 6.29 Å². The minimum atomic E-state index is -1.42. The maximum Gasteiger partial charge on any atom is 0.337 e. The lowest BCUT2D eigenvalue weighted by Gasteiger charge is -2.26. The van der Waals surface area contributed by atoms with E-state index in [4.69, 9.17) is 4.74 Å². The summed E-state index contributed by atoms with van der Waals surface area (Å²) < 4.78 is 5.78. The fourth-order valence-corrected chi connectivity index (χ4v) is 3.89. The SMILES string of the molecule is O=Cc1cc(C(=O)O)c(N(Cc2ccccc2)C(=O)NCc2ccc(Oc3ccccc3)cc2)cc1C(=O)O. The van der Waals surface area contributed by atoms with Crippen molar-refractivity contribution in [3.05, 3.63) is 125 Å². The molecule has 3 N–H and O–H groups in total. The van der Waals surface area contributed by atoms with E-state index >= 15 is 0 Å². The molecule has 0 unspecified atom stereocenters. The molecule has 0 bridgehead atoms. The van der Waals surface area contributed by atoms with Crippen LogP contribution >= 0.6 is 0 Å². The topological polar surface area (TPSA) is 133 Å². The highest BCUT2D eigenvalue weighted by Gasteiger charge is 2.26. The van der Waals surface area contributed by atoms with E-state index in [0.29, 0.717) is 17.1 Å². The van der Waals surface area contributed by atoms with Gasteiger partial charge in [-0.25, -0.2) is 14.4 Å². The molecule has 0 aliphatic carbocycles. The van der Waals surface area contributed by atoms with Gasteiger partial charge in [-0.15, -0.1) is 0 Å². The normalized spacial score (nSPS) is 10.4. The van der Waals surface area contributed by atoms with Gasteiger partial charge < -0.3 is 20.3 Å². The maximum atomic E-state index is 13.4. The molecule has 9 nitrogen and oxygen atoms in total. The Morgan fingerprint density at radius 2 is 1.33 bits per heavy atom. The van der Waals surface area contributed by atoms with Gasteiger partial charge in [0.1, 0.15) is 11.5 Å². The van der Waals surface area contributed by atoms with E-state index in [-0.39, 0.29) is 36.2 Å². The number of anilines is 1. The second-order valence-corrected chi connectivity index (χ2v) is 8.47. The van der Waals surface area contributed by atoms with Crippen LogP contribution in [-0.4, -0.2) is 34.5 Å². The molecule has 0 atom stereocenters. The Labute approximate surface area is 223 Å². The van der Waals surface area contributed by atoms with Crippen LogP contribution in [0.25, 0.3) is 0 Å². The molecule has 9 heteroatoms. The smallest absolute Gasteiger partial charge is 0.337 e. The Morgan fingerprint density at radius 1 is 0.744 bits per heavy atom. The van der Waals surface area contributed by atoms with E-state index in [9.17, 15) is 29.4 Å². The van der Waals surface area contributed by atoms with E-state index in [0.717, 1.165) is 22.6 Å². The highest BCUT2D eigenvalue weighted by molar-refractivity contribution is 6.06. The van der Waals surface area contributed by atoms with Crippen molar-refractivity contribution >= 4 is 29.9 Å². The third-order valence-electron chi connectivity index (χ3n) is 5.82. The zero-order chi connectivity index (χ0) is 27.8. The first-order chi connectivity index (χ1) is 18.9. The molecule has 39 heavy (non-hydrogen) atoms. The van der Waals surface area contributed by atoms with Crippen molar-refractivity contribution in [1.82, 2.24) is 5.32 Å². The molecule has 196 valence electrons. The van der Waals surface area contributed by atoms with E-state index < -0.39 is 23.5 Å². The van der Waals surface area contributed by atoms with Crippen LogP contribution in [-0.2, 0) is 13.1 Å². The average Bonchev–Trinajstić information content (AvgIpc) is 2.95. The monoisotopic (exact) mass is 524 g/mol. The second-order valence-electron chi connectivity index (χ2n) is 8.47. The first kappa shape index (κ1) is 26.6. The summed E-state index contributed by atoms with van der Waals surface area (Å²) in [7, 11) is 0. The molecule has 0 saturated heterocycles. The molecule has 0 spiro atoms. The Bertz CT molecular complexity index is 1490. The summed E-state index contributed by atoms with van der Waals surface area (Å²) in [5.74, 6) is -1.53. The fraction of sp³-hybridized carbons (Fsp3) is 0.0667. The summed E-state index contributed by atoms with van der Waals surface area (Å²) in [4.78, 5) is 49.8. The molecule has 4 aromatic rings. The third-order valence-corrected chi connectivity index (χ3v) is 5.82. The molecular formula is C30H24N2O7. The summed E-state index contributed by atoms with van der Waals surface area (Å²) in [6.45, 7) is 0.0622. The minimum absolute atomic E-state index is 0.0453. The molecule has 2 amide bonds. The van der Waals surface area contributed by atoms with Crippen molar-refractivity contribution < 1.29 is 34.1 Å². The lowest BCUT2D eigenvalue weighted by atomic mass is 10.0. The molecule has 0 radical (unpaired) electrons. The quantitative estimate of drug-likeness (QED) is 0.230. The molecule has 0 aliphatic rings. The Kier molecular flexibility index (Phi) is 8.33. The first-order valence-electron chi connectivity index (χ1n) is 11.9. The number of para-hydroxylation sites is 1. The predicted octanol–water partition coefficient (Wildman–Crippen LogP) is 5.60. The number of carboxylic acids is 2. The van der Waals surface area contributed by atoms with E-state index in [1.165, 1.54) is 0 Å². The number of aromatic carboxylic acids is 2. The zero-order valence-corrected chi connectivity index (χ0v) is 20.6. The number of amides is 2. The number of carboxylic acid groups (broad SMARTS) is 2. The molecule has 0 aromatic heterocycles. The number of hydrogen-bond donors (Lipinski definition) is 3. The van der Waals surface area contributed by atoms with Gasteiger partial charge >= 0.3 is 18.0 Å². The number of hydrogen-bond acceptors (Lipinski definition) is 5. The van der Waals surface area contributed by atoms with Crippen molar-refractivity contribution in [3.63, 3.8) is 0 Å². The summed E-state index contributed by atoms with van der Waals surface area (Å²) in [5, 5.41) is 22.2. The van der Waals surface area contributed by atoms with Crippen LogP contribution in [0, 0.1) is 0 Å². The molecular weight excluding hydrogens is 500 g/mol. The summed E-state index contributed by atoms with van der Waals surface area (Å²) in [5.41, 5.74) is 0.188. The molecule has 4 aromatic carbocycles. The number of urea groups is 1. The fourth-order valence-electron chi connectivity index (χ4n) is 3.89. The van der Waals surface area contributed by atoms with Crippen molar-refractivity contribution in [2.45, 2.75) is 13.1 Å². The Morgan fingerprint density at radius 3 is 1.92 bits per heavy atom.